The molecule has 1 aliphatic rings. The van der Waals surface area contributed by atoms with E-state index in [9.17, 15) is 9.59 Å². The van der Waals surface area contributed by atoms with E-state index in [1.54, 1.807) is 14.2 Å². The Kier molecular flexibility index (Phi) is 3.84. The maximum absolute atomic E-state index is 11.5. The first-order valence-corrected chi connectivity index (χ1v) is 8.27. The fourth-order valence-corrected chi connectivity index (χ4v) is 3.48. The zero-order chi connectivity index (χ0) is 14.0. The molecule has 1 atom stereocenters. The van der Waals surface area contributed by atoms with Gasteiger partial charge in [0.2, 0.25) is 0 Å². The third-order valence-electron chi connectivity index (χ3n) is 3.49. The van der Waals surface area contributed by atoms with Crippen molar-refractivity contribution in [3.63, 3.8) is 0 Å². The molecule has 1 aromatic rings. The van der Waals surface area contributed by atoms with Crippen LogP contribution in [-0.2, 0) is 23.2 Å². The summed E-state index contributed by atoms with van der Waals surface area (Å²) >= 11 is 0. The molecule has 19 heavy (non-hydrogen) atoms. The van der Waals surface area contributed by atoms with Crippen LogP contribution in [0.2, 0.25) is 6.55 Å². The minimum atomic E-state index is -2.35. The molecule has 1 heterocycles. The van der Waals surface area contributed by atoms with Crippen LogP contribution in [0.1, 0.15) is 17.9 Å². The van der Waals surface area contributed by atoms with Crippen LogP contribution in [0.5, 0.6) is 0 Å². The Morgan fingerprint density at radius 1 is 1.16 bits per heavy atom. The summed E-state index contributed by atoms with van der Waals surface area (Å²) in [5.74, 6) is -1.43. The standard InChI is InChI=1S/C13H16O5Si/c1-16-19(3,17-2)10-6-4-9(5-7-10)11-8-12(14)18-13(11)15/h4-7,11H,8H2,1-3H3. The Labute approximate surface area is 112 Å². The Morgan fingerprint density at radius 3 is 2.16 bits per heavy atom. The first-order valence-electron chi connectivity index (χ1n) is 5.95. The summed E-state index contributed by atoms with van der Waals surface area (Å²) in [6, 6.07) is 7.40. The van der Waals surface area contributed by atoms with Gasteiger partial charge in [-0.25, -0.2) is 0 Å². The van der Waals surface area contributed by atoms with Crippen LogP contribution in [0.3, 0.4) is 0 Å². The van der Waals surface area contributed by atoms with E-state index in [-0.39, 0.29) is 6.42 Å². The minimum absolute atomic E-state index is 0.113. The van der Waals surface area contributed by atoms with E-state index in [0.717, 1.165) is 10.8 Å². The second kappa shape index (κ2) is 5.24. The lowest BCUT2D eigenvalue weighted by molar-refractivity contribution is -0.152. The number of rotatable bonds is 4. The van der Waals surface area contributed by atoms with Gasteiger partial charge in [-0.2, -0.15) is 0 Å². The molecule has 2 rings (SSSR count). The molecule has 5 nitrogen and oxygen atoms in total. The summed E-state index contributed by atoms with van der Waals surface area (Å²) in [7, 11) is 0.894. The molecule has 1 fully saturated rings. The quantitative estimate of drug-likeness (QED) is 0.464. The van der Waals surface area contributed by atoms with Crippen LogP contribution in [0.4, 0.5) is 0 Å². The first-order chi connectivity index (χ1) is 9.00. The van der Waals surface area contributed by atoms with Gasteiger partial charge in [0.25, 0.3) is 0 Å². The van der Waals surface area contributed by atoms with Gasteiger partial charge >= 0.3 is 20.5 Å². The highest BCUT2D eigenvalue weighted by Gasteiger charge is 2.36. The van der Waals surface area contributed by atoms with Gasteiger partial charge in [0.1, 0.15) is 0 Å². The van der Waals surface area contributed by atoms with Crippen molar-refractivity contribution in [3.05, 3.63) is 29.8 Å². The minimum Gasteiger partial charge on any atom is -0.394 e. The van der Waals surface area contributed by atoms with Crippen molar-refractivity contribution >= 4 is 25.7 Å². The number of cyclic esters (lactones) is 2. The van der Waals surface area contributed by atoms with Gasteiger partial charge in [-0.15, -0.1) is 0 Å². The van der Waals surface area contributed by atoms with Gasteiger partial charge in [0, 0.05) is 14.2 Å². The van der Waals surface area contributed by atoms with E-state index in [1.165, 1.54) is 0 Å². The molecule has 6 heteroatoms. The lowest BCUT2D eigenvalue weighted by Gasteiger charge is -2.23. The molecule has 0 aromatic heterocycles. The van der Waals surface area contributed by atoms with Crippen molar-refractivity contribution in [1.82, 2.24) is 0 Å². The molecule has 102 valence electrons. The van der Waals surface area contributed by atoms with Crippen molar-refractivity contribution in [2.45, 2.75) is 18.9 Å². The predicted octanol–water partition coefficient (Wildman–Crippen LogP) is 0.815. The molecule has 1 saturated heterocycles. The van der Waals surface area contributed by atoms with E-state index >= 15 is 0 Å². The average molecular weight is 280 g/mol. The molecular weight excluding hydrogens is 264 g/mol. The van der Waals surface area contributed by atoms with Gasteiger partial charge in [-0.05, 0) is 17.3 Å². The van der Waals surface area contributed by atoms with E-state index in [2.05, 4.69) is 4.74 Å². The molecule has 0 aliphatic carbocycles. The zero-order valence-corrected chi connectivity index (χ0v) is 12.1. The number of ether oxygens (including phenoxy) is 1. The highest BCUT2D eigenvalue weighted by Crippen LogP contribution is 2.27. The number of benzene rings is 1. The summed E-state index contributed by atoms with van der Waals surface area (Å²) < 4.78 is 15.4. The maximum atomic E-state index is 11.5. The maximum Gasteiger partial charge on any atom is 0.368 e. The van der Waals surface area contributed by atoms with Crippen molar-refractivity contribution < 1.29 is 23.2 Å². The summed E-state index contributed by atoms with van der Waals surface area (Å²) in [5.41, 5.74) is 0.781. The monoisotopic (exact) mass is 280 g/mol. The summed E-state index contributed by atoms with van der Waals surface area (Å²) in [5, 5.41) is 0.971. The van der Waals surface area contributed by atoms with E-state index in [4.69, 9.17) is 8.85 Å². The highest BCUT2D eigenvalue weighted by molar-refractivity contribution is 6.79. The normalized spacial score (nSPS) is 19.6. The fraction of sp³-hybridized carbons (Fsp3) is 0.385. The molecular formula is C13H16O5Si. The smallest absolute Gasteiger partial charge is 0.368 e. The SMILES string of the molecule is CO[Si](C)(OC)c1ccc(C2CC(=O)OC2=O)cc1. The Hall–Kier alpha value is -1.50. The number of carbonyl (C=O) groups is 2. The van der Waals surface area contributed by atoms with Crippen molar-refractivity contribution in [1.29, 1.82) is 0 Å². The van der Waals surface area contributed by atoms with Crippen LogP contribution in [0.15, 0.2) is 24.3 Å². The molecule has 0 amide bonds. The van der Waals surface area contributed by atoms with Crippen molar-refractivity contribution in [2.24, 2.45) is 0 Å². The highest BCUT2D eigenvalue weighted by atomic mass is 28.4. The number of hydrogen-bond donors (Lipinski definition) is 0. The van der Waals surface area contributed by atoms with Crippen LogP contribution in [0, 0.1) is 0 Å². The van der Waals surface area contributed by atoms with Crippen LogP contribution in [-0.4, -0.2) is 34.7 Å². The van der Waals surface area contributed by atoms with Crippen molar-refractivity contribution in [3.8, 4) is 0 Å². The lowest BCUT2D eigenvalue weighted by Crippen LogP contribution is -2.49. The molecule has 0 N–H and O–H groups in total. The molecule has 1 aliphatic heterocycles. The second-order valence-corrected chi connectivity index (χ2v) is 7.81. The summed E-state index contributed by atoms with van der Waals surface area (Å²) in [4.78, 5) is 22.6. The molecule has 0 bridgehead atoms. The lowest BCUT2D eigenvalue weighted by atomic mass is 9.98. The molecule has 1 unspecified atom stereocenters. The average Bonchev–Trinajstić information content (AvgIpc) is 2.77. The van der Waals surface area contributed by atoms with Gasteiger partial charge in [-0.1, -0.05) is 24.3 Å². The van der Waals surface area contributed by atoms with Gasteiger partial charge in [0.05, 0.1) is 12.3 Å². The Balaban J connectivity index is 2.24. The van der Waals surface area contributed by atoms with Crippen LogP contribution in [0.25, 0.3) is 0 Å². The van der Waals surface area contributed by atoms with E-state index < -0.39 is 26.4 Å². The van der Waals surface area contributed by atoms with Gasteiger partial charge in [0.15, 0.2) is 0 Å². The molecule has 0 saturated carbocycles. The van der Waals surface area contributed by atoms with E-state index in [0.29, 0.717) is 0 Å². The van der Waals surface area contributed by atoms with Crippen LogP contribution < -0.4 is 5.19 Å². The number of esters is 2. The number of carbonyl (C=O) groups excluding carboxylic acids is 2. The fourth-order valence-electron chi connectivity index (χ4n) is 2.07. The summed E-state index contributed by atoms with van der Waals surface area (Å²) in [6.07, 6.45) is 0.113. The topological polar surface area (TPSA) is 61.8 Å². The summed E-state index contributed by atoms with van der Waals surface area (Å²) in [6.45, 7) is 1.94. The molecule has 0 spiro atoms. The van der Waals surface area contributed by atoms with E-state index in [1.807, 2.05) is 30.8 Å². The first kappa shape index (κ1) is 13.9. The third-order valence-corrected chi connectivity index (χ3v) is 6.43. The Morgan fingerprint density at radius 2 is 1.74 bits per heavy atom. The Bertz CT molecular complexity index is 492. The van der Waals surface area contributed by atoms with Crippen molar-refractivity contribution in [2.75, 3.05) is 14.2 Å². The second-order valence-electron chi connectivity index (χ2n) is 4.53. The van der Waals surface area contributed by atoms with Gasteiger partial charge < -0.3 is 13.6 Å². The third kappa shape index (κ3) is 2.60. The number of hydrogen-bond acceptors (Lipinski definition) is 5. The largest absolute Gasteiger partial charge is 0.394 e. The predicted molar refractivity (Wildman–Crippen MR) is 70.2 cm³/mol. The molecule has 0 radical (unpaired) electrons. The van der Waals surface area contributed by atoms with Crippen LogP contribution >= 0.6 is 0 Å². The van der Waals surface area contributed by atoms with Gasteiger partial charge in [-0.3, -0.25) is 9.59 Å². The molecule has 1 aromatic carbocycles. The zero-order valence-electron chi connectivity index (χ0n) is 11.1.